The lowest BCUT2D eigenvalue weighted by Crippen LogP contribution is -2.52. The van der Waals surface area contributed by atoms with Crippen LogP contribution in [-0.2, 0) is 9.84 Å². The van der Waals surface area contributed by atoms with Gasteiger partial charge in [-0.2, -0.15) is 0 Å². The number of benzene rings is 1. The van der Waals surface area contributed by atoms with E-state index in [4.69, 9.17) is 4.74 Å². The number of hydrogen-bond donors (Lipinski definition) is 1. The third kappa shape index (κ3) is 7.07. The Kier molecular flexibility index (Phi) is 8.02. The Balaban J connectivity index is 2.21. The van der Waals surface area contributed by atoms with E-state index in [1.54, 1.807) is 0 Å². The maximum absolute atomic E-state index is 12.8. The minimum Gasteiger partial charge on any atom is -0.494 e. The fourth-order valence-corrected chi connectivity index (χ4v) is 4.30. The number of carbonyl (C=O) groups is 1. The minimum absolute atomic E-state index is 0.0524. The van der Waals surface area contributed by atoms with Crippen molar-refractivity contribution in [3.63, 3.8) is 0 Å². The van der Waals surface area contributed by atoms with E-state index < -0.39 is 9.84 Å². The standard InChI is InChI=1S/C22H37N3O4S/c1-7-29-19-10-8-18(9-11-19)25-15-17(2)14-24(16-20(25)22(3,4)5)21(26)23-12-13-30(6,27)28/h8-11,17,20H,7,12-16H2,1-6H3,(H,23,26)/t17-,20-/m1/s1. The number of urea groups is 1. The summed E-state index contributed by atoms with van der Waals surface area (Å²) in [7, 11) is -3.11. The first kappa shape index (κ1) is 24.3. The van der Waals surface area contributed by atoms with Crippen molar-refractivity contribution in [1.29, 1.82) is 0 Å². The van der Waals surface area contributed by atoms with E-state index in [0.717, 1.165) is 18.0 Å². The molecular formula is C22H37N3O4S. The molecule has 2 atom stereocenters. The number of hydrogen-bond acceptors (Lipinski definition) is 5. The SMILES string of the molecule is CCOc1ccc(N2C[C@H](C)CN(C(=O)NCCS(C)(=O)=O)C[C@@H]2C(C)(C)C)cc1. The van der Waals surface area contributed by atoms with E-state index in [1.165, 1.54) is 6.26 Å². The highest BCUT2D eigenvalue weighted by molar-refractivity contribution is 7.90. The largest absolute Gasteiger partial charge is 0.494 e. The molecule has 1 N–H and O–H groups in total. The van der Waals surface area contributed by atoms with Crippen molar-refractivity contribution in [3.8, 4) is 5.75 Å². The van der Waals surface area contributed by atoms with Gasteiger partial charge in [0.05, 0.1) is 18.4 Å². The van der Waals surface area contributed by atoms with Gasteiger partial charge in [0.15, 0.2) is 0 Å². The average Bonchev–Trinajstić information content (AvgIpc) is 2.80. The van der Waals surface area contributed by atoms with Gasteiger partial charge in [-0.1, -0.05) is 27.7 Å². The summed E-state index contributed by atoms with van der Waals surface area (Å²) in [6, 6.07) is 8.05. The van der Waals surface area contributed by atoms with E-state index in [0.29, 0.717) is 19.7 Å². The van der Waals surface area contributed by atoms with Crippen LogP contribution in [0.25, 0.3) is 0 Å². The fraction of sp³-hybridized carbons (Fsp3) is 0.682. The molecule has 1 fully saturated rings. The zero-order valence-electron chi connectivity index (χ0n) is 19.1. The molecule has 1 aliphatic rings. The van der Waals surface area contributed by atoms with Gasteiger partial charge in [0.1, 0.15) is 15.6 Å². The third-order valence-corrected chi connectivity index (χ3v) is 6.27. The van der Waals surface area contributed by atoms with Crippen molar-refractivity contribution < 1.29 is 17.9 Å². The van der Waals surface area contributed by atoms with Gasteiger partial charge in [-0.3, -0.25) is 0 Å². The zero-order valence-corrected chi connectivity index (χ0v) is 20.0. The van der Waals surface area contributed by atoms with Crippen LogP contribution in [-0.4, -0.2) is 70.2 Å². The van der Waals surface area contributed by atoms with Gasteiger partial charge in [-0.25, -0.2) is 13.2 Å². The molecule has 1 heterocycles. The van der Waals surface area contributed by atoms with Crippen molar-refractivity contribution >= 4 is 21.6 Å². The van der Waals surface area contributed by atoms with Gasteiger partial charge in [0.25, 0.3) is 0 Å². The summed E-state index contributed by atoms with van der Waals surface area (Å²) >= 11 is 0. The van der Waals surface area contributed by atoms with Gasteiger partial charge in [0.2, 0.25) is 0 Å². The van der Waals surface area contributed by atoms with E-state index in [9.17, 15) is 13.2 Å². The van der Waals surface area contributed by atoms with Gasteiger partial charge < -0.3 is 19.9 Å². The molecule has 2 rings (SSSR count). The Morgan fingerprint density at radius 2 is 1.80 bits per heavy atom. The number of sulfone groups is 1. The van der Waals surface area contributed by atoms with Crippen LogP contribution in [0.3, 0.4) is 0 Å². The average molecular weight is 440 g/mol. The Hall–Kier alpha value is -1.96. The lowest BCUT2D eigenvalue weighted by atomic mass is 9.85. The molecule has 8 heteroatoms. The molecule has 0 radical (unpaired) electrons. The Morgan fingerprint density at radius 3 is 2.33 bits per heavy atom. The monoisotopic (exact) mass is 439 g/mol. The molecule has 30 heavy (non-hydrogen) atoms. The summed E-state index contributed by atoms with van der Waals surface area (Å²) in [6.45, 7) is 13.5. The van der Waals surface area contributed by atoms with E-state index in [-0.39, 0.29) is 35.7 Å². The smallest absolute Gasteiger partial charge is 0.317 e. The first-order chi connectivity index (χ1) is 13.9. The van der Waals surface area contributed by atoms with Crippen molar-refractivity contribution in [2.24, 2.45) is 11.3 Å². The van der Waals surface area contributed by atoms with Crippen LogP contribution in [0.4, 0.5) is 10.5 Å². The molecule has 7 nitrogen and oxygen atoms in total. The van der Waals surface area contributed by atoms with Gasteiger partial charge >= 0.3 is 6.03 Å². The molecule has 1 aromatic rings. The van der Waals surface area contributed by atoms with E-state index in [1.807, 2.05) is 24.0 Å². The van der Waals surface area contributed by atoms with Crippen LogP contribution >= 0.6 is 0 Å². The molecule has 0 aliphatic carbocycles. The maximum atomic E-state index is 12.8. The summed E-state index contributed by atoms with van der Waals surface area (Å²) in [6.07, 6.45) is 1.18. The van der Waals surface area contributed by atoms with Gasteiger partial charge in [0, 0.05) is 38.1 Å². The van der Waals surface area contributed by atoms with Gasteiger partial charge in [-0.15, -0.1) is 0 Å². The molecule has 2 amide bonds. The Labute approximate surface area is 181 Å². The normalized spacial score (nSPS) is 20.6. The number of nitrogens with one attached hydrogen (secondary N) is 1. The summed E-state index contributed by atoms with van der Waals surface area (Å²) in [4.78, 5) is 17.0. The first-order valence-electron chi connectivity index (χ1n) is 10.6. The van der Waals surface area contributed by atoms with Crippen LogP contribution in [0, 0.1) is 11.3 Å². The molecule has 0 saturated carbocycles. The predicted molar refractivity (Wildman–Crippen MR) is 122 cm³/mol. The second-order valence-corrected chi connectivity index (χ2v) is 11.6. The Bertz CT molecular complexity index is 803. The van der Waals surface area contributed by atoms with Crippen molar-refractivity contribution in [3.05, 3.63) is 24.3 Å². The zero-order chi connectivity index (χ0) is 22.5. The second-order valence-electron chi connectivity index (χ2n) is 9.33. The highest BCUT2D eigenvalue weighted by Crippen LogP contribution is 2.33. The van der Waals surface area contributed by atoms with Crippen molar-refractivity contribution in [1.82, 2.24) is 10.2 Å². The van der Waals surface area contributed by atoms with Crippen LogP contribution < -0.4 is 15.0 Å². The summed E-state index contributed by atoms with van der Waals surface area (Å²) in [5.41, 5.74) is 1.05. The molecule has 1 saturated heterocycles. The number of nitrogens with zero attached hydrogens (tertiary/aromatic N) is 2. The van der Waals surface area contributed by atoms with Crippen molar-refractivity contribution in [2.75, 3.05) is 49.7 Å². The number of ether oxygens (including phenoxy) is 1. The molecule has 1 aliphatic heterocycles. The maximum Gasteiger partial charge on any atom is 0.317 e. The topological polar surface area (TPSA) is 79.0 Å². The van der Waals surface area contributed by atoms with Crippen LogP contribution in [0.2, 0.25) is 0 Å². The van der Waals surface area contributed by atoms with Gasteiger partial charge in [-0.05, 0) is 42.5 Å². The van der Waals surface area contributed by atoms with Crippen LogP contribution in [0.15, 0.2) is 24.3 Å². The number of rotatable bonds is 6. The minimum atomic E-state index is -3.11. The fourth-order valence-electron chi connectivity index (χ4n) is 3.83. The molecule has 0 unspecified atom stereocenters. The number of amides is 2. The highest BCUT2D eigenvalue weighted by atomic mass is 32.2. The third-order valence-electron chi connectivity index (χ3n) is 5.33. The van der Waals surface area contributed by atoms with Crippen molar-refractivity contribution in [2.45, 2.75) is 40.7 Å². The predicted octanol–water partition coefficient (Wildman–Crippen LogP) is 3.01. The second kappa shape index (κ2) is 9.90. The Morgan fingerprint density at radius 1 is 1.17 bits per heavy atom. The lowest BCUT2D eigenvalue weighted by molar-refractivity contribution is 0.181. The molecule has 170 valence electrons. The lowest BCUT2D eigenvalue weighted by Gasteiger charge is -2.42. The molecular weight excluding hydrogens is 402 g/mol. The number of carbonyl (C=O) groups excluding carboxylic acids is 1. The molecule has 0 aromatic heterocycles. The molecule has 1 aromatic carbocycles. The summed E-state index contributed by atoms with van der Waals surface area (Å²) < 4.78 is 28.3. The van der Waals surface area contributed by atoms with Crippen LogP contribution in [0.1, 0.15) is 34.6 Å². The van der Waals surface area contributed by atoms with E-state index >= 15 is 0 Å². The molecule has 0 spiro atoms. The van der Waals surface area contributed by atoms with E-state index in [2.05, 4.69) is 50.0 Å². The quantitative estimate of drug-likeness (QED) is 0.737. The summed E-state index contributed by atoms with van der Waals surface area (Å²) in [5.74, 6) is 1.07. The van der Waals surface area contributed by atoms with Crippen LogP contribution in [0.5, 0.6) is 5.75 Å². The highest BCUT2D eigenvalue weighted by Gasteiger charge is 2.37. The summed E-state index contributed by atoms with van der Waals surface area (Å²) in [5, 5.41) is 2.78. The number of anilines is 1. The molecule has 0 bridgehead atoms. The first-order valence-corrected chi connectivity index (χ1v) is 12.7.